The zero-order valence-corrected chi connectivity index (χ0v) is 9.42. The molecule has 0 saturated carbocycles. The molecule has 2 rings (SSSR count). The summed E-state index contributed by atoms with van der Waals surface area (Å²) >= 11 is 0. The van der Waals surface area contributed by atoms with Crippen LogP contribution in [0, 0.1) is 6.92 Å². The van der Waals surface area contributed by atoms with E-state index < -0.39 is 0 Å². The highest BCUT2D eigenvalue weighted by Crippen LogP contribution is 1.98. The second-order valence-corrected chi connectivity index (χ2v) is 3.54. The second kappa shape index (κ2) is 5.16. The predicted octanol–water partition coefficient (Wildman–Crippen LogP) is 1.11. The van der Waals surface area contributed by atoms with Gasteiger partial charge in [-0.25, -0.2) is 4.98 Å². The number of pyridine rings is 1. The standard InChI is InChI=1S/C12H12N4O/c1-9-3-2-4-10(16-9)7-15-12(17)11-8-13-5-6-14-11/h2-6,8H,7H2,1H3,(H,15,17). The Labute approximate surface area is 99.0 Å². The SMILES string of the molecule is Cc1cccc(CNC(=O)c2cnccn2)n1. The Balaban J connectivity index is 1.97. The van der Waals surface area contributed by atoms with Gasteiger partial charge in [-0.3, -0.25) is 14.8 Å². The molecule has 2 heterocycles. The lowest BCUT2D eigenvalue weighted by molar-refractivity contribution is 0.0945. The summed E-state index contributed by atoms with van der Waals surface area (Å²) in [5, 5.41) is 2.74. The highest BCUT2D eigenvalue weighted by molar-refractivity contribution is 5.91. The first-order chi connectivity index (χ1) is 8.25. The number of aromatic nitrogens is 3. The van der Waals surface area contributed by atoms with Gasteiger partial charge in [0.2, 0.25) is 0 Å². The van der Waals surface area contributed by atoms with Crippen LogP contribution in [-0.2, 0) is 6.54 Å². The molecule has 0 fully saturated rings. The molecular weight excluding hydrogens is 216 g/mol. The normalized spacial score (nSPS) is 9.94. The van der Waals surface area contributed by atoms with E-state index >= 15 is 0 Å². The number of aryl methyl sites for hydroxylation is 1. The molecule has 0 radical (unpaired) electrons. The van der Waals surface area contributed by atoms with Crippen molar-refractivity contribution in [1.29, 1.82) is 0 Å². The van der Waals surface area contributed by atoms with Crippen molar-refractivity contribution in [2.45, 2.75) is 13.5 Å². The van der Waals surface area contributed by atoms with Crippen LogP contribution in [-0.4, -0.2) is 20.9 Å². The lowest BCUT2D eigenvalue weighted by Crippen LogP contribution is -2.24. The highest BCUT2D eigenvalue weighted by Gasteiger charge is 2.06. The quantitative estimate of drug-likeness (QED) is 0.854. The Morgan fingerprint density at radius 1 is 1.35 bits per heavy atom. The first kappa shape index (κ1) is 11.2. The lowest BCUT2D eigenvalue weighted by Gasteiger charge is -2.04. The molecule has 2 aromatic rings. The van der Waals surface area contributed by atoms with Crippen molar-refractivity contribution in [2.75, 3.05) is 0 Å². The summed E-state index contributed by atoms with van der Waals surface area (Å²) in [4.78, 5) is 23.7. The van der Waals surface area contributed by atoms with Gasteiger partial charge in [-0.15, -0.1) is 0 Å². The summed E-state index contributed by atoms with van der Waals surface area (Å²) in [5.74, 6) is -0.249. The zero-order valence-electron chi connectivity index (χ0n) is 9.42. The molecule has 0 spiro atoms. The minimum Gasteiger partial charge on any atom is -0.345 e. The molecule has 0 bridgehead atoms. The third-order valence-corrected chi connectivity index (χ3v) is 2.17. The molecule has 0 atom stereocenters. The van der Waals surface area contributed by atoms with E-state index in [9.17, 15) is 4.79 Å². The van der Waals surface area contributed by atoms with Gasteiger partial charge in [0.25, 0.3) is 5.91 Å². The minimum absolute atomic E-state index is 0.249. The van der Waals surface area contributed by atoms with Crippen LogP contribution in [0.5, 0.6) is 0 Å². The maximum atomic E-state index is 11.7. The summed E-state index contributed by atoms with van der Waals surface area (Å²) in [6, 6.07) is 5.68. The van der Waals surface area contributed by atoms with Crippen LogP contribution in [0.1, 0.15) is 21.9 Å². The summed E-state index contributed by atoms with van der Waals surface area (Å²) in [6.07, 6.45) is 4.44. The molecule has 0 aliphatic rings. The second-order valence-electron chi connectivity index (χ2n) is 3.54. The predicted molar refractivity (Wildman–Crippen MR) is 62.2 cm³/mol. The van der Waals surface area contributed by atoms with Crippen LogP contribution in [0.4, 0.5) is 0 Å². The van der Waals surface area contributed by atoms with Crippen molar-refractivity contribution in [3.05, 3.63) is 53.9 Å². The summed E-state index contributed by atoms with van der Waals surface area (Å²) in [6.45, 7) is 2.30. The molecule has 86 valence electrons. The van der Waals surface area contributed by atoms with Gasteiger partial charge >= 0.3 is 0 Å². The van der Waals surface area contributed by atoms with E-state index in [0.717, 1.165) is 11.4 Å². The van der Waals surface area contributed by atoms with Gasteiger partial charge in [0, 0.05) is 18.1 Å². The van der Waals surface area contributed by atoms with Crippen molar-refractivity contribution in [2.24, 2.45) is 0 Å². The fourth-order valence-electron chi connectivity index (χ4n) is 1.38. The molecule has 17 heavy (non-hydrogen) atoms. The monoisotopic (exact) mass is 228 g/mol. The van der Waals surface area contributed by atoms with E-state index in [-0.39, 0.29) is 5.91 Å². The zero-order chi connectivity index (χ0) is 12.1. The average Bonchev–Trinajstić information content (AvgIpc) is 2.37. The topological polar surface area (TPSA) is 67.8 Å². The number of rotatable bonds is 3. The molecule has 0 unspecified atom stereocenters. The number of nitrogens with one attached hydrogen (secondary N) is 1. The van der Waals surface area contributed by atoms with Crippen molar-refractivity contribution in [3.63, 3.8) is 0 Å². The Hall–Kier alpha value is -2.30. The summed E-state index contributed by atoms with van der Waals surface area (Å²) in [7, 11) is 0. The first-order valence-corrected chi connectivity index (χ1v) is 5.22. The minimum atomic E-state index is -0.249. The molecule has 5 nitrogen and oxygen atoms in total. The van der Waals surface area contributed by atoms with E-state index in [2.05, 4.69) is 20.3 Å². The Morgan fingerprint density at radius 2 is 2.24 bits per heavy atom. The molecule has 0 aliphatic heterocycles. The maximum absolute atomic E-state index is 11.7. The lowest BCUT2D eigenvalue weighted by atomic mass is 10.3. The van der Waals surface area contributed by atoms with Crippen molar-refractivity contribution in [1.82, 2.24) is 20.3 Å². The average molecular weight is 228 g/mol. The van der Waals surface area contributed by atoms with Crippen molar-refractivity contribution < 1.29 is 4.79 Å². The highest BCUT2D eigenvalue weighted by atomic mass is 16.1. The molecule has 0 aliphatic carbocycles. The van der Waals surface area contributed by atoms with Crippen molar-refractivity contribution >= 4 is 5.91 Å². The smallest absolute Gasteiger partial charge is 0.271 e. The number of nitrogens with zero attached hydrogens (tertiary/aromatic N) is 3. The molecule has 0 aromatic carbocycles. The molecule has 5 heteroatoms. The molecule has 2 aromatic heterocycles. The van der Waals surface area contributed by atoms with E-state index in [4.69, 9.17) is 0 Å². The molecule has 1 amide bonds. The van der Waals surface area contributed by atoms with Crippen LogP contribution < -0.4 is 5.32 Å². The van der Waals surface area contributed by atoms with Gasteiger partial charge < -0.3 is 5.32 Å². The van der Waals surface area contributed by atoms with Gasteiger partial charge in [0.1, 0.15) is 5.69 Å². The number of hydrogen-bond donors (Lipinski definition) is 1. The Morgan fingerprint density at radius 3 is 2.94 bits per heavy atom. The van der Waals surface area contributed by atoms with Crippen LogP contribution in [0.2, 0.25) is 0 Å². The van der Waals surface area contributed by atoms with Crippen LogP contribution in [0.15, 0.2) is 36.8 Å². The van der Waals surface area contributed by atoms with Gasteiger partial charge in [0.05, 0.1) is 18.4 Å². The first-order valence-electron chi connectivity index (χ1n) is 5.22. The molecule has 1 N–H and O–H groups in total. The van der Waals surface area contributed by atoms with Gasteiger partial charge in [-0.05, 0) is 19.1 Å². The van der Waals surface area contributed by atoms with E-state index in [1.165, 1.54) is 18.6 Å². The largest absolute Gasteiger partial charge is 0.345 e. The number of carbonyl (C=O) groups is 1. The number of carbonyl (C=O) groups excluding carboxylic acids is 1. The Kier molecular flexibility index (Phi) is 3.40. The number of hydrogen-bond acceptors (Lipinski definition) is 4. The van der Waals surface area contributed by atoms with Crippen LogP contribution in [0.3, 0.4) is 0 Å². The van der Waals surface area contributed by atoms with Gasteiger partial charge in [-0.2, -0.15) is 0 Å². The van der Waals surface area contributed by atoms with E-state index in [1.807, 2.05) is 25.1 Å². The van der Waals surface area contributed by atoms with Gasteiger partial charge in [0.15, 0.2) is 0 Å². The third-order valence-electron chi connectivity index (χ3n) is 2.17. The molecular formula is C12H12N4O. The summed E-state index contributed by atoms with van der Waals surface area (Å²) in [5.41, 5.74) is 2.05. The third kappa shape index (κ3) is 3.07. The van der Waals surface area contributed by atoms with Crippen LogP contribution in [0.25, 0.3) is 0 Å². The van der Waals surface area contributed by atoms with Crippen molar-refractivity contribution in [3.8, 4) is 0 Å². The van der Waals surface area contributed by atoms with E-state index in [1.54, 1.807) is 0 Å². The number of amides is 1. The Bertz CT molecular complexity index is 513. The summed E-state index contributed by atoms with van der Waals surface area (Å²) < 4.78 is 0. The maximum Gasteiger partial charge on any atom is 0.271 e. The molecule has 0 saturated heterocycles. The fourth-order valence-corrected chi connectivity index (χ4v) is 1.38. The van der Waals surface area contributed by atoms with Gasteiger partial charge in [-0.1, -0.05) is 6.07 Å². The van der Waals surface area contributed by atoms with Crippen LogP contribution >= 0.6 is 0 Å². The van der Waals surface area contributed by atoms with E-state index in [0.29, 0.717) is 12.2 Å². The fraction of sp³-hybridized carbons (Fsp3) is 0.167.